The van der Waals surface area contributed by atoms with Crippen molar-refractivity contribution in [2.24, 2.45) is 0 Å². The van der Waals surface area contributed by atoms with Gasteiger partial charge < -0.3 is 4.74 Å². The fourth-order valence-electron chi connectivity index (χ4n) is 1.19. The summed E-state index contributed by atoms with van der Waals surface area (Å²) in [5.41, 5.74) is 0.113. The van der Waals surface area contributed by atoms with Gasteiger partial charge in [-0.05, 0) is 18.2 Å². The Balaban J connectivity index is 2.66. The van der Waals surface area contributed by atoms with Crippen LogP contribution in [0.4, 0.5) is 0 Å². The van der Waals surface area contributed by atoms with Crippen molar-refractivity contribution in [3.63, 3.8) is 0 Å². The number of hydrogen-bond donors (Lipinski definition) is 1. The molecule has 0 unspecified atom stereocenters. The molecule has 0 bridgehead atoms. The molecule has 1 aromatic rings. The fourth-order valence-corrected chi connectivity index (χ4v) is 1.62. The molecular formula is C8H4O5S. The van der Waals surface area contributed by atoms with Crippen LogP contribution in [-0.2, 0) is 15.4 Å². The SMILES string of the molecule is O=C1OC(=O)c2cc([SH](=O)=O)ccc21. The van der Waals surface area contributed by atoms with E-state index in [9.17, 15) is 18.0 Å². The van der Waals surface area contributed by atoms with Crippen LogP contribution >= 0.6 is 0 Å². The van der Waals surface area contributed by atoms with E-state index in [0.29, 0.717) is 0 Å². The summed E-state index contributed by atoms with van der Waals surface area (Å²) in [6.07, 6.45) is 0. The van der Waals surface area contributed by atoms with Crippen LogP contribution in [0.2, 0.25) is 0 Å². The van der Waals surface area contributed by atoms with E-state index >= 15 is 0 Å². The van der Waals surface area contributed by atoms with Crippen molar-refractivity contribution in [2.45, 2.75) is 4.90 Å². The first-order chi connectivity index (χ1) is 6.59. The minimum absolute atomic E-state index is 0.00620. The average molecular weight is 212 g/mol. The molecule has 0 amide bonds. The van der Waals surface area contributed by atoms with Crippen molar-refractivity contribution in [2.75, 3.05) is 0 Å². The summed E-state index contributed by atoms with van der Waals surface area (Å²) in [5, 5.41) is 0. The molecule has 0 aliphatic carbocycles. The Morgan fingerprint density at radius 1 is 1.00 bits per heavy atom. The largest absolute Gasteiger partial charge is 0.386 e. The predicted molar refractivity (Wildman–Crippen MR) is 44.8 cm³/mol. The van der Waals surface area contributed by atoms with Crippen molar-refractivity contribution >= 4 is 22.6 Å². The van der Waals surface area contributed by atoms with E-state index in [4.69, 9.17) is 0 Å². The van der Waals surface area contributed by atoms with Crippen molar-refractivity contribution in [1.82, 2.24) is 0 Å². The second-order valence-electron chi connectivity index (χ2n) is 2.66. The molecule has 1 aliphatic rings. The van der Waals surface area contributed by atoms with Crippen molar-refractivity contribution in [3.8, 4) is 0 Å². The number of esters is 2. The molecule has 14 heavy (non-hydrogen) atoms. The topological polar surface area (TPSA) is 77.5 Å². The van der Waals surface area contributed by atoms with Crippen LogP contribution in [0.3, 0.4) is 0 Å². The number of fused-ring (bicyclic) bond motifs is 1. The van der Waals surface area contributed by atoms with E-state index in [1.54, 1.807) is 0 Å². The van der Waals surface area contributed by atoms with E-state index in [2.05, 4.69) is 4.74 Å². The van der Waals surface area contributed by atoms with Crippen LogP contribution in [0.5, 0.6) is 0 Å². The molecule has 0 spiro atoms. The summed E-state index contributed by atoms with van der Waals surface area (Å²) < 4.78 is 25.5. The molecule has 1 aliphatic heterocycles. The Labute approximate surface area is 80.2 Å². The van der Waals surface area contributed by atoms with Gasteiger partial charge in [0.15, 0.2) is 10.7 Å². The van der Waals surface area contributed by atoms with E-state index < -0.39 is 22.6 Å². The third kappa shape index (κ3) is 1.20. The quantitative estimate of drug-likeness (QED) is 0.401. The maximum atomic E-state index is 11.0. The Kier molecular flexibility index (Phi) is 1.85. The van der Waals surface area contributed by atoms with Gasteiger partial charge in [-0.25, -0.2) is 18.0 Å². The van der Waals surface area contributed by atoms with Gasteiger partial charge in [-0.1, -0.05) is 0 Å². The zero-order chi connectivity index (χ0) is 10.3. The molecule has 0 fully saturated rings. The Hall–Kier alpha value is -1.69. The number of cyclic esters (lactones) is 2. The highest BCUT2D eigenvalue weighted by Crippen LogP contribution is 2.21. The minimum Gasteiger partial charge on any atom is -0.386 e. The molecule has 0 saturated heterocycles. The highest BCUT2D eigenvalue weighted by Gasteiger charge is 2.29. The van der Waals surface area contributed by atoms with E-state index in [-0.39, 0.29) is 16.0 Å². The lowest BCUT2D eigenvalue weighted by molar-refractivity contribution is 0.0444. The van der Waals surface area contributed by atoms with Crippen molar-refractivity contribution in [1.29, 1.82) is 0 Å². The summed E-state index contributed by atoms with van der Waals surface area (Å²) in [4.78, 5) is 22.0. The second kappa shape index (κ2) is 2.91. The minimum atomic E-state index is -2.75. The molecule has 6 heteroatoms. The molecule has 72 valence electrons. The van der Waals surface area contributed by atoms with Gasteiger partial charge >= 0.3 is 11.9 Å². The van der Waals surface area contributed by atoms with Gasteiger partial charge in [-0.15, -0.1) is 0 Å². The van der Waals surface area contributed by atoms with Gasteiger partial charge in [-0.3, -0.25) is 0 Å². The predicted octanol–water partition coefficient (Wildman–Crippen LogP) is -0.0325. The highest BCUT2D eigenvalue weighted by molar-refractivity contribution is 7.72. The third-order valence-electron chi connectivity index (χ3n) is 1.84. The number of rotatable bonds is 1. The lowest BCUT2D eigenvalue weighted by Crippen LogP contribution is -1.96. The first-order valence-electron chi connectivity index (χ1n) is 3.64. The molecule has 1 heterocycles. The molecule has 0 atom stereocenters. The summed E-state index contributed by atoms with van der Waals surface area (Å²) in [5.74, 6) is -1.54. The van der Waals surface area contributed by atoms with Gasteiger partial charge in [0, 0.05) is 0 Å². The summed E-state index contributed by atoms with van der Waals surface area (Å²) in [6, 6.07) is 3.65. The van der Waals surface area contributed by atoms with Crippen molar-refractivity contribution in [3.05, 3.63) is 29.3 Å². The molecule has 0 aromatic heterocycles. The van der Waals surface area contributed by atoms with Crippen LogP contribution in [0.15, 0.2) is 23.1 Å². The maximum Gasteiger partial charge on any atom is 0.346 e. The molecule has 0 saturated carbocycles. The van der Waals surface area contributed by atoms with Gasteiger partial charge in [0.2, 0.25) is 0 Å². The Bertz CT molecular complexity index is 506. The number of thiol groups is 1. The van der Waals surface area contributed by atoms with Gasteiger partial charge in [0.05, 0.1) is 16.0 Å². The van der Waals surface area contributed by atoms with Crippen molar-refractivity contribution < 1.29 is 22.7 Å². The number of hydrogen-bond acceptors (Lipinski definition) is 5. The average Bonchev–Trinajstić information content (AvgIpc) is 2.42. The molecule has 2 rings (SSSR count). The molecule has 1 aromatic carbocycles. The standard InChI is InChI=1S/C8H4O5S/c9-7-5-2-1-4(14(11)12)3-6(5)8(10)13-7/h1-3,14H. The smallest absolute Gasteiger partial charge is 0.346 e. The number of carbonyl (C=O) groups is 2. The van der Waals surface area contributed by atoms with Crippen LogP contribution in [0.25, 0.3) is 0 Å². The molecule has 5 nitrogen and oxygen atoms in total. The third-order valence-corrected chi connectivity index (χ3v) is 2.54. The fraction of sp³-hybridized carbons (Fsp3) is 0. The molecule has 0 radical (unpaired) electrons. The summed E-state index contributed by atoms with van der Waals surface area (Å²) >= 11 is 0. The van der Waals surface area contributed by atoms with E-state index in [1.807, 2.05) is 0 Å². The highest BCUT2D eigenvalue weighted by atomic mass is 32.2. The van der Waals surface area contributed by atoms with E-state index in [0.717, 1.165) is 6.07 Å². The second-order valence-corrected chi connectivity index (χ2v) is 3.69. The zero-order valence-electron chi connectivity index (χ0n) is 6.72. The number of carbonyl (C=O) groups excluding carboxylic acids is 2. The van der Waals surface area contributed by atoms with Crippen LogP contribution in [0, 0.1) is 0 Å². The Morgan fingerprint density at radius 2 is 1.64 bits per heavy atom. The van der Waals surface area contributed by atoms with Gasteiger partial charge in [-0.2, -0.15) is 0 Å². The van der Waals surface area contributed by atoms with Gasteiger partial charge in [0.25, 0.3) is 0 Å². The summed E-state index contributed by atoms with van der Waals surface area (Å²) in [7, 11) is -2.75. The molecule has 0 N–H and O–H groups in total. The van der Waals surface area contributed by atoms with Crippen LogP contribution < -0.4 is 0 Å². The maximum absolute atomic E-state index is 11.0. The lowest BCUT2D eigenvalue weighted by atomic mass is 10.1. The number of ether oxygens (including phenoxy) is 1. The number of benzene rings is 1. The normalized spacial score (nSPS) is 14.4. The monoisotopic (exact) mass is 212 g/mol. The summed E-state index contributed by atoms with van der Waals surface area (Å²) in [6.45, 7) is 0. The lowest BCUT2D eigenvalue weighted by Gasteiger charge is -1.92. The first-order valence-corrected chi connectivity index (χ1v) is 4.82. The van der Waals surface area contributed by atoms with Crippen LogP contribution in [-0.4, -0.2) is 20.4 Å². The van der Waals surface area contributed by atoms with Gasteiger partial charge in [0.1, 0.15) is 0 Å². The first kappa shape index (κ1) is 8.89. The molecular weight excluding hydrogens is 208 g/mol. The Morgan fingerprint density at radius 3 is 2.29 bits per heavy atom. The van der Waals surface area contributed by atoms with Crippen LogP contribution in [0.1, 0.15) is 20.7 Å². The van der Waals surface area contributed by atoms with E-state index in [1.165, 1.54) is 12.1 Å². The zero-order valence-corrected chi connectivity index (χ0v) is 7.61.